The maximum Gasteiger partial charge on any atom is 0.197 e. The second kappa shape index (κ2) is 6.89. The van der Waals surface area contributed by atoms with Gasteiger partial charge >= 0.3 is 0 Å². The molecule has 0 radical (unpaired) electrons. The summed E-state index contributed by atoms with van der Waals surface area (Å²) in [6.45, 7) is 0.466. The number of para-hydroxylation sites is 3. The molecule has 2 aliphatic rings. The molecule has 0 aliphatic carbocycles. The van der Waals surface area contributed by atoms with E-state index in [-0.39, 0.29) is 16.6 Å². The molecule has 1 aromatic heterocycles. The maximum absolute atomic E-state index is 13.4. The summed E-state index contributed by atoms with van der Waals surface area (Å²) in [6, 6.07) is 23.4. The predicted octanol–water partition coefficient (Wildman–Crippen LogP) is 5.77. The second-order valence-electron chi connectivity index (χ2n) is 7.43. The lowest BCUT2D eigenvalue weighted by atomic mass is 9.88. The summed E-state index contributed by atoms with van der Waals surface area (Å²) < 4.78 is 12.0. The molecule has 146 valence electrons. The summed E-state index contributed by atoms with van der Waals surface area (Å²) in [5, 5.41) is 0.436. The van der Waals surface area contributed by atoms with E-state index in [0.29, 0.717) is 23.1 Å². The van der Waals surface area contributed by atoms with Gasteiger partial charge in [0.25, 0.3) is 0 Å². The van der Waals surface area contributed by atoms with Crippen molar-refractivity contribution in [2.24, 2.45) is 10.9 Å². The summed E-state index contributed by atoms with van der Waals surface area (Å²) in [7, 11) is 0. The molecule has 3 heterocycles. The highest BCUT2D eigenvalue weighted by atomic mass is 32.2. The zero-order valence-electron chi connectivity index (χ0n) is 15.9. The molecule has 5 heteroatoms. The van der Waals surface area contributed by atoms with Crippen LogP contribution in [0.25, 0.3) is 11.0 Å². The Balaban J connectivity index is 1.59. The van der Waals surface area contributed by atoms with Gasteiger partial charge < -0.3 is 9.15 Å². The topological polar surface area (TPSA) is 51.8 Å². The quantitative estimate of drug-likeness (QED) is 0.399. The molecule has 2 atom stereocenters. The first-order chi connectivity index (χ1) is 14.8. The van der Waals surface area contributed by atoms with Crippen LogP contribution in [0.1, 0.15) is 16.4 Å². The number of rotatable bonds is 1. The lowest BCUT2D eigenvalue weighted by Crippen LogP contribution is -2.33. The van der Waals surface area contributed by atoms with Gasteiger partial charge in [0.2, 0.25) is 0 Å². The minimum absolute atomic E-state index is 0.00643. The van der Waals surface area contributed by atoms with Crippen LogP contribution in [-0.4, -0.2) is 12.3 Å². The average molecular weight is 411 g/mol. The lowest BCUT2D eigenvalue weighted by Gasteiger charge is -2.31. The molecule has 0 fully saturated rings. The van der Waals surface area contributed by atoms with Gasteiger partial charge in [-0.1, -0.05) is 36.4 Å². The standard InChI is InChI=1S/C25H17NO3S/c27-24-16-8-2-5-11-21(16)29-14-18(24)25-17-13-28-20-10-4-1-7-15(20)23(17)26-19-9-3-6-12-22(19)30-25/h1-12,14,17,25H,13H2. The van der Waals surface area contributed by atoms with E-state index in [0.717, 1.165) is 27.6 Å². The normalized spacial score (nSPS) is 19.7. The number of aliphatic imine (C=N–C) groups is 1. The van der Waals surface area contributed by atoms with Crippen molar-refractivity contribution in [1.29, 1.82) is 0 Å². The minimum atomic E-state index is -0.165. The molecule has 2 unspecified atom stereocenters. The molecule has 4 nitrogen and oxygen atoms in total. The monoisotopic (exact) mass is 411 g/mol. The van der Waals surface area contributed by atoms with E-state index in [1.807, 2.05) is 66.7 Å². The van der Waals surface area contributed by atoms with Gasteiger partial charge in [0, 0.05) is 16.0 Å². The first-order valence-electron chi connectivity index (χ1n) is 9.86. The molecule has 2 aliphatic heterocycles. The zero-order valence-corrected chi connectivity index (χ0v) is 16.8. The first kappa shape index (κ1) is 17.5. The Labute approximate surface area is 177 Å². The summed E-state index contributed by atoms with van der Waals surface area (Å²) in [4.78, 5) is 19.5. The van der Waals surface area contributed by atoms with Crippen LogP contribution < -0.4 is 10.2 Å². The third kappa shape index (κ3) is 2.70. The number of ether oxygens (including phenoxy) is 1. The van der Waals surface area contributed by atoms with Crippen LogP contribution in [0, 0.1) is 5.92 Å². The van der Waals surface area contributed by atoms with Gasteiger partial charge in [-0.05, 0) is 36.4 Å². The maximum atomic E-state index is 13.4. The lowest BCUT2D eigenvalue weighted by molar-refractivity contribution is 0.271. The predicted molar refractivity (Wildman–Crippen MR) is 119 cm³/mol. The van der Waals surface area contributed by atoms with E-state index >= 15 is 0 Å². The summed E-state index contributed by atoms with van der Waals surface area (Å²) >= 11 is 1.66. The smallest absolute Gasteiger partial charge is 0.197 e. The Bertz CT molecular complexity index is 1370. The zero-order chi connectivity index (χ0) is 20.1. The van der Waals surface area contributed by atoms with Crippen LogP contribution in [0.2, 0.25) is 0 Å². The summed E-state index contributed by atoms with van der Waals surface area (Å²) in [6.07, 6.45) is 1.62. The molecule has 30 heavy (non-hydrogen) atoms. The SMILES string of the molecule is O=c1c(C2Sc3ccccc3N=C3c4ccccc4OCC32)coc2ccccc12. The van der Waals surface area contributed by atoms with E-state index in [4.69, 9.17) is 14.1 Å². The second-order valence-corrected chi connectivity index (χ2v) is 8.62. The number of thioether (sulfide) groups is 1. The highest BCUT2D eigenvalue weighted by molar-refractivity contribution is 7.99. The van der Waals surface area contributed by atoms with Crippen LogP contribution in [0.15, 0.2) is 98.2 Å². The van der Waals surface area contributed by atoms with Gasteiger partial charge in [-0.3, -0.25) is 9.79 Å². The van der Waals surface area contributed by atoms with Crippen molar-refractivity contribution < 1.29 is 9.15 Å². The molecule has 0 saturated carbocycles. The Kier molecular flexibility index (Phi) is 4.03. The van der Waals surface area contributed by atoms with Crippen molar-refractivity contribution in [3.8, 4) is 5.75 Å². The van der Waals surface area contributed by atoms with E-state index in [1.165, 1.54) is 0 Å². The highest BCUT2D eigenvalue weighted by Gasteiger charge is 2.38. The summed E-state index contributed by atoms with van der Waals surface area (Å²) in [5.41, 5.74) is 4.13. The van der Waals surface area contributed by atoms with Crippen LogP contribution in [-0.2, 0) is 0 Å². The molecule has 0 spiro atoms. The molecule has 6 rings (SSSR count). The van der Waals surface area contributed by atoms with E-state index in [2.05, 4.69) is 6.07 Å². The van der Waals surface area contributed by atoms with Crippen LogP contribution in [0.4, 0.5) is 5.69 Å². The van der Waals surface area contributed by atoms with E-state index in [9.17, 15) is 4.79 Å². The van der Waals surface area contributed by atoms with Crippen LogP contribution in [0.5, 0.6) is 5.75 Å². The molecule has 3 aromatic carbocycles. The minimum Gasteiger partial charge on any atom is -0.492 e. The Morgan fingerprint density at radius 3 is 2.70 bits per heavy atom. The Hall–Kier alpha value is -3.31. The fourth-order valence-electron chi connectivity index (χ4n) is 4.20. The third-order valence-corrected chi connectivity index (χ3v) is 7.11. The van der Waals surface area contributed by atoms with Crippen molar-refractivity contribution in [1.82, 2.24) is 0 Å². The van der Waals surface area contributed by atoms with E-state index < -0.39 is 0 Å². The van der Waals surface area contributed by atoms with Gasteiger partial charge in [0.15, 0.2) is 5.43 Å². The van der Waals surface area contributed by atoms with Gasteiger partial charge in [-0.25, -0.2) is 0 Å². The van der Waals surface area contributed by atoms with Gasteiger partial charge in [0.05, 0.1) is 40.8 Å². The summed E-state index contributed by atoms with van der Waals surface area (Å²) in [5.74, 6) is 0.766. The van der Waals surface area contributed by atoms with Crippen molar-refractivity contribution in [2.75, 3.05) is 6.61 Å². The molecular formula is C25H17NO3S. The van der Waals surface area contributed by atoms with Crippen molar-refractivity contribution in [2.45, 2.75) is 10.1 Å². The van der Waals surface area contributed by atoms with Crippen molar-refractivity contribution >= 4 is 34.1 Å². The van der Waals surface area contributed by atoms with Crippen LogP contribution in [0.3, 0.4) is 0 Å². The average Bonchev–Trinajstić information content (AvgIpc) is 2.96. The van der Waals surface area contributed by atoms with Crippen LogP contribution >= 0.6 is 11.8 Å². The molecule has 0 N–H and O–H groups in total. The van der Waals surface area contributed by atoms with Gasteiger partial charge in [-0.2, -0.15) is 0 Å². The third-order valence-electron chi connectivity index (χ3n) is 5.67. The number of hydrogen-bond donors (Lipinski definition) is 0. The first-order valence-corrected chi connectivity index (χ1v) is 10.7. The molecule has 0 amide bonds. The van der Waals surface area contributed by atoms with Gasteiger partial charge in [0.1, 0.15) is 11.3 Å². The number of fused-ring (bicyclic) bond motifs is 5. The highest BCUT2D eigenvalue weighted by Crippen LogP contribution is 2.49. The molecular weight excluding hydrogens is 394 g/mol. The number of hydrogen-bond acceptors (Lipinski definition) is 5. The Morgan fingerprint density at radius 1 is 0.933 bits per heavy atom. The van der Waals surface area contributed by atoms with Crippen molar-refractivity contribution in [3.05, 3.63) is 100 Å². The fraction of sp³-hybridized carbons (Fsp3) is 0.120. The number of nitrogens with zero attached hydrogens (tertiary/aromatic N) is 1. The fourth-order valence-corrected chi connectivity index (χ4v) is 5.53. The van der Waals surface area contributed by atoms with E-state index in [1.54, 1.807) is 18.0 Å². The van der Waals surface area contributed by atoms with Gasteiger partial charge in [-0.15, -0.1) is 11.8 Å². The largest absolute Gasteiger partial charge is 0.492 e. The molecule has 4 aromatic rings. The number of benzene rings is 3. The van der Waals surface area contributed by atoms with Crippen molar-refractivity contribution in [3.63, 3.8) is 0 Å². The molecule has 0 bridgehead atoms. The molecule has 0 saturated heterocycles. The Morgan fingerprint density at radius 2 is 1.73 bits per heavy atom.